The fourth-order valence-electron chi connectivity index (χ4n) is 2.87. The molecule has 8 nitrogen and oxygen atoms in total. The zero-order valence-electron chi connectivity index (χ0n) is 17.7. The predicted octanol–water partition coefficient (Wildman–Crippen LogP) is 2.26. The summed E-state index contributed by atoms with van der Waals surface area (Å²) in [7, 11) is -3.55. The van der Waals surface area contributed by atoms with Crippen molar-refractivity contribution in [3.8, 4) is 0 Å². The number of benzene rings is 1. The fourth-order valence-corrected chi connectivity index (χ4v) is 3.93. The number of furan rings is 1. The van der Waals surface area contributed by atoms with E-state index in [1.807, 2.05) is 26.8 Å². The van der Waals surface area contributed by atoms with E-state index in [2.05, 4.69) is 20.3 Å². The Balaban J connectivity index is 0.00000450. The Morgan fingerprint density at radius 3 is 2.40 bits per heavy atom. The van der Waals surface area contributed by atoms with Gasteiger partial charge in [0, 0.05) is 25.2 Å². The molecule has 1 heterocycles. The summed E-state index contributed by atoms with van der Waals surface area (Å²) in [5.41, 5.74) is -0.482. The van der Waals surface area contributed by atoms with Gasteiger partial charge < -0.3 is 20.2 Å². The predicted molar refractivity (Wildman–Crippen MR) is 129 cm³/mol. The van der Waals surface area contributed by atoms with E-state index in [0.29, 0.717) is 30.4 Å². The van der Waals surface area contributed by atoms with Crippen molar-refractivity contribution in [1.82, 2.24) is 15.4 Å². The number of hydrogen-bond donors (Lipinski definition) is 4. The monoisotopic (exact) mass is 550 g/mol. The van der Waals surface area contributed by atoms with Crippen LogP contribution in [0.5, 0.6) is 0 Å². The van der Waals surface area contributed by atoms with Crippen molar-refractivity contribution in [1.29, 1.82) is 0 Å². The molecule has 4 N–H and O–H groups in total. The third kappa shape index (κ3) is 7.56. The van der Waals surface area contributed by atoms with Gasteiger partial charge >= 0.3 is 0 Å². The molecule has 0 fully saturated rings. The van der Waals surface area contributed by atoms with Gasteiger partial charge in [0.25, 0.3) is 0 Å². The summed E-state index contributed by atoms with van der Waals surface area (Å²) in [4.78, 5) is 4.65. The van der Waals surface area contributed by atoms with Gasteiger partial charge in [-0.25, -0.2) is 18.1 Å². The molecular formula is C20H31IN4O4S. The normalized spacial score (nSPS) is 14.0. The van der Waals surface area contributed by atoms with Crippen molar-refractivity contribution in [2.75, 3.05) is 26.2 Å². The van der Waals surface area contributed by atoms with Crippen LogP contribution in [0.1, 0.15) is 30.9 Å². The van der Waals surface area contributed by atoms with Gasteiger partial charge in [-0.05, 0) is 45.9 Å². The zero-order chi connectivity index (χ0) is 21.5. The zero-order valence-corrected chi connectivity index (χ0v) is 20.9. The quantitative estimate of drug-likeness (QED) is 0.165. The van der Waals surface area contributed by atoms with Crippen LogP contribution in [0.4, 0.5) is 0 Å². The Labute approximate surface area is 195 Å². The first-order chi connectivity index (χ1) is 13.7. The first kappa shape index (κ1) is 26.4. The molecule has 0 saturated carbocycles. The lowest BCUT2D eigenvalue weighted by atomic mass is 9.96. The molecule has 0 aliphatic heterocycles. The molecule has 0 aliphatic rings. The van der Waals surface area contributed by atoms with Crippen molar-refractivity contribution in [3.63, 3.8) is 0 Å². The Hall–Kier alpha value is -1.63. The molecule has 1 unspecified atom stereocenters. The molecule has 0 bridgehead atoms. The number of aliphatic imine (C=N–C) groups is 1. The molecule has 1 aromatic heterocycles. The number of rotatable bonds is 9. The standard InChI is InChI=1S/C20H30N4O4S.HI/c1-5-21-19(23-14-20(4,25)18-13-15(2)28-16(18)3)22-11-12-24-29(26,27)17-9-7-6-8-10-17;/h6-10,13,24-25H,5,11-12,14H2,1-4H3,(H2,21,22,23);1H. The molecule has 30 heavy (non-hydrogen) atoms. The molecule has 1 aromatic carbocycles. The number of nitrogens with zero attached hydrogens (tertiary/aromatic N) is 1. The van der Waals surface area contributed by atoms with Crippen LogP contribution in [0, 0.1) is 13.8 Å². The SMILES string of the molecule is CCNC(=NCC(C)(O)c1cc(C)oc1C)NCCNS(=O)(=O)c1ccccc1.I. The Bertz CT molecular complexity index is 928. The Morgan fingerprint density at radius 2 is 1.83 bits per heavy atom. The van der Waals surface area contributed by atoms with Crippen molar-refractivity contribution in [3.05, 3.63) is 53.5 Å². The third-order valence-corrected chi connectivity index (χ3v) is 5.75. The maximum absolute atomic E-state index is 12.2. The average Bonchev–Trinajstić information content (AvgIpc) is 3.03. The van der Waals surface area contributed by atoms with E-state index in [4.69, 9.17) is 4.42 Å². The molecule has 2 rings (SSSR count). The van der Waals surface area contributed by atoms with Gasteiger partial charge in [0.1, 0.15) is 17.1 Å². The van der Waals surface area contributed by atoms with Crippen molar-refractivity contribution < 1.29 is 17.9 Å². The van der Waals surface area contributed by atoms with Gasteiger partial charge in [0.15, 0.2) is 5.96 Å². The largest absolute Gasteiger partial charge is 0.466 e. The minimum absolute atomic E-state index is 0. The van der Waals surface area contributed by atoms with E-state index in [1.54, 1.807) is 37.3 Å². The van der Waals surface area contributed by atoms with Crippen molar-refractivity contribution in [2.45, 2.75) is 38.2 Å². The highest BCUT2D eigenvalue weighted by atomic mass is 127. The molecule has 0 aliphatic carbocycles. The number of nitrogens with one attached hydrogen (secondary N) is 3. The highest BCUT2D eigenvalue weighted by molar-refractivity contribution is 14.0. The smallest absolute Gasteiger partial charge is 0.240 e. The van der Waals surface area contributed by atoms with E-state index >= 15 is 0 Å². The highest BCUT2D eigenvalue weighted by Crippen LogP contribution is 2.27. The number of sulfonamides is 1. The van der Waals surface area contributed by atoms with Crippen molar-refractivity contribution >= 4 is 40.0 Å². The van der Waals surface area contributed by atoms with Gasteiger partial charge in [0.05, 0.1) is 11.4 Å². The number of guanidine groups is 1. The summed E-state index contributed by atoms with van der Waals surface area (Å²) >= 11 is 0. The van der Waals surface area contributed by atoms with Gasteiger partial charge in [-0.2, -0.15) is 0 Å². The Morgan fingerprint density at radius 1 is 1.17 bits per heavy atom. The molecular weight excluding hydrogens is 519 g/mol. The lowest BCUT2D eigenvalue weighted by Gasteiger charge is -2.21. The number of hydrogen-bond acceptors (Lipinski definition) is 5. The first-order valence-electron chi connectivity index (χ1n) is 9.52. The third-order valence-electron chi connectivity index (χ3n) is 4.27. The van der Waals surface area contributed by atoms with Crippen LogP contribution in [0.25, 0.3) is 0 Å². The number of halogens is 1. The van der Waals surface area contributed by atoms with Gasteiger partial charge in [-0.3, -0.25) is 0 Å². The molecule has 168 valence electrons. The van der Waals surface area contributed by atoms with Crippen LogP contribution < -0.4 is 15.4 Å². The molecule has 0 radical (unpaired) electrons. The van der Waals surface area contributed by atoms with Gasteiger partial charge in [0.2, 0.25) is 10.0 Å². The van der Waals surface area contributed by atoms with Crippen LogP contribution in [0.3, 0.4) is 0 Å². The highest BCUT2D eigenvalue weighted by Gasteiger charge is 2.27. The minimum Gasteiger partial charge on any atom is -0.466 e. The van der Waals surface area contributed by atoms with Gasteiger partial charge in [-0.1, -0.05) is 18.2 Å². The summed E-state index contributed by atoms with van der Waals surface area (Å²) < 4.78 is 32.5. The van der Waals surface area contributed by atoms with E-state index < -0.39 is 15.6 Å². The molecule has 0 amide bonds. The van der Waals surface area contributed by atoms with Crippen LogP contribution in [0.2, 0.25) is 0 Å². The molecule has 10 heteroatoms. The number of aryl methyl sites for hydroxylation is 2. The van der Waals surface area contributed by atoms with Crippen LogP contribution >= 0.6 is 24.0 Å². The van der Waals surface area contributed by atoms with Crippen LogP contribution in [-0.2, 0) is 15.6 Å². The minimum atomic E-state index is -3.55. The second kappa shape index (κ2) is 11.7. The summed E-state index contributed by atoms with van der Waals surface area (Å²) in [6.07, 6.45) is 0. The maximum Gasteiger partial charge on any atom is 0.240 e. The molecule has 0 saturated heterocycles. The lowest BCUT2D eigenvalue weighted by Crippen LogP contribution is -2.42. The van der Waals surface area contributed by atoms with Gasteiger partial charge in [-0.15, -0.1) is 24.0 Å². The maximum atomic E-state index is 12.2. The topological polar surface area (TPSA) is 116 Å². The second-order valence-corrected chi connectivity index (χ2v) is 8.70. The molecule has 2 aromatic rings. The summed E-state index contributed by atoms with van der Waals surface area (Å²) in [6.45, 7) is 8.54. The average molecular weight is 550 g/mol. The number of aliphatic hydroxyl groups is 1. The van der Waals surface area contributed by atoms with Crippen molar-refractivity contribution in [2.24, 2.45) is 4.99 Å². The van der Waals surface area contributed by atoms with E-state index in [9.17, 15) is 13.5 Å². The van der Waals surface area contributed by atoms with Crippen LogP contribution in [0.15, 0.2) is 50.7 Å². The molecule has 1 atom stereocenters. The van der Waals surface area contributed by atoms with E-state index in [-0.39, 0.29) is 42.0 Å². The summed E-state index contributed by atoms with van der Waals surface area (Å²) in [5, 5.41) is 16.9. The van der Waals surface area contributed by atoms with E-state index in [0.717, 1.165) is 5.76 Å². The van der Waals surface area contributed by atoms with Crippen LogP contribution in [-0.4, -0.2) is 45.7 Å². The second-order valence-electron chi connectivity index (χ2n) is 6.93. The molecule has 0 spiro atoms. The summed E-state index contributed by atoms with van der Waals surface area (Å²) in [5.74, 6) is 1.89. The van der Waals surface area contributed by atoms with E-state index in [1.165, 1.54) is 0 Å². The summed E-state index contributed by atoms with van der Waals surface area (Å²) in [6, 6.07) is 10.0. The Kier molecular flexibility index (Phi) is 10.3. The lowest BCUT2D eigenvalue weighted by molar-refractivity contribution is 0.0657. The first-order valence-corrected chi connectivity index (χ1v) is 11.0. The fraction of sp³-hybridized carbons (Fsp3) is 0.450.